The van der Waals surface area contributed by atoms with E-state index >= 15 is 0 Å². The van der Waals surface area contributed by atoms with Crippen molar-refractivity contribution in [1.29, 1.82) is 0 Å². The summed E-state index contributed by atoms with van der Waals surface area (Å²) in [5.41, 5.74) is 7.08. The lowest BCUT2D eigenvalue weighted by molar-refractivity contribution is 0.354. The van der Waals surface area contributed by atoms with Gasteiger partial charge in [-0.25, -0.2) is 0 Å². The van der Waals surface area contributed by atoms with Gasteiger partial charge in [0.2, 0.25) is 0 Å². The van der Waals surface area contributed by atoms with Crippen molar-refractivity contribution in [2.24, 2.45) is 11.7 Å². The molecule has 16 heavy (non-hydrogen) atoms. The van der Waals surface area contributed by atoms with Crippen LogP contribution < -0.4 is 15.2 Å². The van der Waals surface area contributed by atoms with Crippen LogP contribution in [0.4, 0.5) is 0 Å². The summed E-state index contributed by atoms with van der Waals surface area (Å²) in [6.07, 6.45) is 2.37. The van der Waals surface area contributed by atoms with E-state index in [0.717, 1.165) is 5.56 Å². The topological polar surface area (TPSA) is 44.5 Å². The minimum absolute atomic E-state index is 0.00676. The summed E-state index contributed by atoms with van der Waals surface area (Å²) in [4.78, 5) is 0. The summed E-state index contributed by atoms with van der Waals surface area (Å²) >= 11 is 6.27. The highest BCUT2D eigenvalue weighted by Crippen LogP contribution is 2.45. The van der Waals surface area contributed by atoms with Crippen molar-refractivity contribution < 1.29 is 9.47 Å². The van der Waals surface area contributed by atoms with Crippen LogP contribution in [0.5, 0.6) is 11.5 Å². The van der Waals surface area contributed by atoms with Crippen LogP contribution >= 0.6 is 11.6 Å². The molecule has 1 atom stereocenters. The summed E-state index contributed by atoms with van der Waals surface area (Å²) in [7, 11) is 3.17. The molecule has 0 amide bonds. The third-order valence-corrected chi connectivity index (χ3v) is 3.39. The molecule has 2 N–H and O–H groups in total. The maximum Gasteiger partial charge on any atom is 0.179 e. The molecule has 2 rings (SSSR count). The molecule has 0 radical (unpaired) electrons. The van der Waals surface area contributed by atoms with Crippen LogP contribution in [0.15, 0.2) is 12.1 Å². The molecule has 1 aliphatic carbocycles. The Hall–Kier alpha value is -0.930. The molecule has 0 aromatic heterocycles. The van der Waals surface area contributed by atoms with Gasteiger partial charge in [0.15, 0.2) is 11.5 Å². The molecular formula is C12H16ClNO2. The summed E-state index contributed by atoms with van der Waals surface area (Å²) in [5.74, 6) is 1.77. The second-order valence-corrected chi connectivity index (χ2v) is 4.45. The first kappa shape index (κ1) is 11.6. The highest BCUT2D eigenvalue weighted by Gasteiger charge is 2.31. The first-order chi connectivity index (χ1) is 7.69. The lowest BCUT2D eigenvalue weighted by Gasteiger charge is -2.17. The van der Waals surface area contributed by atoms with Gasteiger partial charge in [0.05, 0.1) is 19.2 Å². The minimum Gasteiger partial charge on any atom is -0.493 e. The van der Waals surface area contributed by atoms with Gasteiger partial charge in [0.25, 0.3) is 0 Å². The van der Waals surface area contributed by atoms with Crippen molar-refractivity contribution in [1.82, 2.24) is 0 Å². The quantitative estimate of drug-likeness (QED) is 0.882. The molecule has 4 heteroatoms. The molecule has 0 spiro atoms. The van der Waals surface area contributed by atoms with E-state index in [1.165, 1.54) is 12.8 Å². The Labute approximate surface area is 100 Å². The van der Waals surface area contributed by atoms with Gasteiger partial charge in [-0.05, 0) is 30.4 Å². The number of nitrogens with two attached hydrogens (primary N) is 1. The van der Waals surface area contributed by atoms with E-state index in [0.29, 0.717) is 22.4 Å². The Balaban J connectivity index is 2.39. The first-order valence-electron chi connectivity index (χ1n) is 5.35. The van der Waals surface area contributed by atoms with Crippen LogP contribution in [0.2, 0.25) is 5.02 Å². The van der Waals surface area contributed by atoms with Gasteiger partial charge in [-0.3, -0.25) is 0 Å². The Bertz CT molecular complexity index is 391. The van der Waals surface area contributed by atoms with Crippen molar-refractivity contribution >= 4 is 11.6 Å². The van der Waals surface area contributed by atoms with Gasteiger partial charge < -0.3 is 15.2 Å². The monoisotopic (exact) mass is 241 g/mol. The van der Waals surface area contributed by atoms with Gasteiger partial charge in [-0.15, -0.1) is 0 Å². The predicted molar refractivity (Wildman–Crippen MR) is 64.2 cm³/mol. The van der Waals surface area contributed by atoms with Gasteiger partial charge in [0.1, 0.15) is 0 Å². The third kappa shape index (κ3) is 1.97. The summed E-state index contributed by atoms with van der Waals surface area (Å²) in [6, 6.07) is 3.78. The summed E-state index contributed by atoms with van der Waals surface area (Å²) < 4.78 is 10.4. The Kier molecular flexibility index (Phi) is 3.26. The Morgan fingerprint density at radius 1 is 1.31 bits per heavy atom. The average Bonchev–Trinajstić information content (AvgIpc) is 3.11. The van der Waals surface area contributed by atoms with Crippen LogP contribution in [0.1, 0.15) is 24.4 Å². The molecule has 0 heterocycles. The minimum atomic E-state index is 0.00676. The average molecular weight is 242 g/mol. The van der Waals surface area contributed by atoms with Crippen LogP contribution in [0.3, 0.4) is 0 Å². The second-order valence-electron chi connectivity index (χ2n) is 4.07. The van der Waals surface area contributed by atoms with Crippen molar-refractivity contribution in [3.05, 3.63) is 22.7 Å². The SMILES string of the molecule is COc1ccc([C@@H](N)C2CC2)c(Cl)c1OC. The second kappa shape index (κ2) is 4.52. The molecule has 0 bridgehead atoms. The fourth-order valence-electron chi connectivity index (χ4n) is 1.87. The van der Waals surface area contributed by atoms with Crippen LogP contribution in [-0.4, -0.2) is 14.2 Å². The molecule has 1 aromatic rings. The largest absolute Gasteiger partial charge is 0.493 e. The van der Waals surface area contributed by atoms with E-state index in [-0.39, 0.29) is 6.04 Å². The zero-order valence-corrected chi connectivity index (χ0v) is 10.3. The van der Waals surface area contributed by atoms with E-state index in [4.69, 9.17) is 26.8 Å². The van der Waals surface area contributed by atoms with E-state index in [2.05, 4.69) is 0 Å². The fraction of sp³-hybridized carbons (Fsp3) is 0.500. The van der Waals surface area contributed by atoms with Crippen LogP contribution in [-0.2, 0) is 0 Å². The van der Waals surface area contributed by atoms with Crippen molar-refractivity contribution in [3.8, 4) is 11.5 Å². The number of hydrogen-bond acceptors (Lipinski definition) is 3. The van der Waals surface area contributed by atoms with Gasteiger partial charge in [0, 0.05) is 6.04 Å². The third-order valence-electron chi connectivity index (χ3n) is 3.00. The standard InChI is InChI=1S/C12H16ClNO2/c1-15-9-6-5-8(10(13)12(9)16-2)11(14)7-3-4-7/h5-7,11H,3-4,14H2,1-2H3/t11-/m0/s1. The normalized spacial score (nSPS) is 17.0. The maximum atomic E-state index is 6.27. The molecule has 0 unspecified atom stereocenters. The maximum absolute atomic E-state index is 6.27. The van der Waals surface area contributed by atoms with Gasteiger partial charge >= 0.3 is 0 Å². The number of ether oxygens (including phenoxy) is 2. The Morgan fingerprint density at radius 3 is 2.50 bits per heavy atom. The molecule has 0 saturated heterocycles. The zero-order chi connectivity index (χ0) is 11.7. The fourth-order valence-corrected chi connectivity index (χ4v) is 2.23. The van der Waals surface area contributed by atoms with Crippen LogP contribution in [0, 0.1) is 5.92 Å². The van der Waals surface area contributed by atoms with E-state index in [1.807, 2.05) is 12.1 Å². The molecule has 0 aliphatic heterocycles. The number of rotatable bonds is 4. The molecule has 3 nitrogen and oxygen atoms in total. The molecule has 1 saturated carbocycles. The van der Waals surface area contributed by atoms with E-state index < -0.39 is 0 Å². The van der Waals surface area contributed by atoms with E-state index in [9.17, 15) is 0 Å². The van der Waals surface area contributed by atoms with Crippen molar-refractivity contribution in [2.75, 3.05) is 14.2 Å². The number of methoxy groups -OCH3 is 2. The van der Waals surface area contributed by atoms with Gasteiger partial charge in [-0.1, -0.05) is 17.7 Å². The molecule has 1 aliphatic rings. The highest BCUT2D eigenvalue weighted by molar-refractivity contribution is 6.33. The smallest absolute Gasteiger partial charge is 0.179 e. The first-order valence-corrected chi connectivity index (χ1v) is 5.72. The lowest BCUT2D eigenvalue weighted by atomic mass is 10.0. The zero-order valence-electron chi connectivity index (χ0n) is 9.50. The number of hydrogen-bond donors (Lipinski definition) is 1. The molecular weight excluding hydrogens is 226 g/mol. The predicted octanol–water partition coefficient (Wildman–Crippen LogP) is 2.77. The molecule has 1 aromatic carbocycles. The summed E-state index contributed by atoms with van der Waals surface area (Å²) in [6.45, 7) is 0. The molecule has 88 valence electrons. The Morgan fingerprint density at radius 2 is 2.00 bits per heavy atom. The summed E-state index contributed by atoms with van der Waals surface area (Å²) in [5, 5.41) is 0.571. The van der Waals surface area contributed by atoms with Gasteiger partial charge in [-0.2, -0.15) is 0 Å². The van der Waals surface area contributed by atoms with Crippen molar-refractivity contribution in [2.45, 2.75) is 18.9 Å². The van der Waals surface area contributed by atoms with Crippen molar-refractivity contribution in [3.63, 3.8) is 0 Å². The molecule has 1 fully saturated rings. The highest BCUT2D eigenvalue weighted by atomic mass is 35.5. The van der Waals surface area contributed by atoms with E-state index in [1.54, 1.807) is 14.2 Å². The number of benzene rings is 1. The number of halogens is 1. The van der Waals surface area contributed by atoms with Crippen LogP contribution in [0.25, 0.3) is 0 Å². The lowest BCUT2D eigenvalue weighted by Crippen LogP contribution is -2.13.